The monoisotopic (exact) mass is 437 g/mol. The first kappa shape index (κ1) is 20.6. The molecule has 1 N–H and O–H groups in total. The van der Waals surface area contributed by atoms with Crippen LogP contribution in [-0.4, -0.2) is 35.7 Å². The summed E-state index contributed by atoms with van der Waals surface area (Å²) in [5.74, 6) is 0.943. The highest BCUT2D eigenvalue weighted by Crippen LogP contribution is 2.45. The zero-order chi connectivity index (χ0) is 21.4. The molecule has 1 spiro atoms. The largest absolute Gasteiger partial charge is 0.505 e. The smallest absolute Gasteiger partial charge is 0.496 e. The van der Waals surface area contributed by atoms with E-state index >= 15 is 0 Å². The Balaban J connectivity index is 1.52. The third-order valence-electron chi connectivity index (χ3n) is 7.10. The number of aryl methyl sites for hydroxylation is 1. The molecule has 0 saturated carbocycles. The van der Waals surface area contributed by atoms with Crippen molar-refractivity contribution in [2.24, 2.45) is 0 Å². The molecule has 0 radical (unpaired) electrons. The van der Waals surface area contributed by atoms with Gasteiger partial charge in [-0.3, -0.25) is 4.90 Å². The summed E-state index contributed by atoms with van der Waals surface area (Å²) in [5, 5.41) is 1.23. The molecule has 1 aromatic heterocycles. The van der Waals surface area contributed by atoms with Crippen molar-refractivity contribution in [1.29, 1.82) is 0 Å². The number of fused-ring (bicyclic) bond motifs is 1. The minimum absolute atomic E-state index is 0.00606. The third-order valence-corrected chi connectivity index (χ3v) is 7.56. The lowest BCUT2D eigenvalue weighted by atomic mass is 9.81. The number of benzene rings is 2. The van der Waals surface area contributed by atoms with Gasteiger partial charge in [0.05, 0.1) is 12.7 Å². The lowest BCUT2D eigenvalue weighted by Crippen LogP contribution is -2.45. The summed E-state index contributed by atoms with van der Waals surface area (Å²) in [5.41, 5.74) is 4.85. The lowest BCUT2D eigenvalue weighted by molar-refractivity contribution is -0.0676. The van der Waals surface area contributed by atoms with Gasteiger partial charge in [-0.1, -0.05) is 12.1 Å². The van der Waals surface area contributed by atoms with Crippen LogP contribution in [0.3, 0.4) is 0 Å². The van der Waals surface area contributed by atoms with Crippen LogP contribution in [0.1, 0.15) is 48.4 Å². The fourth-order valence-electron chi connectivity index (χ4n) is 5.45. The van der Waals surface area contributed by atoms with Crippen LogP contribution >= 0.6 is 0 Å². The van der Waals surface area contributed by atoms with Crippen molar-refractivity contribution >= 4 is 22.6 Å². The molecule has 162 valence electrons. The van der Waals surface area contributed by atoms with Gasteiger partial charge in [0.15, 0.2) is 0 Å². The molecule has 2 atom stereocenters. The van der Waals surface area contributed by atoms with E-state index in [0.29, 0.717) is 11.7 Å². The van der Waals surface area contributed by atoms with Crippen molar-refractivity contribution in [1.82, 2.24) is 9.88 Å². The number of hydrogen-bond donors (Lipinski definition) is 1. The number of H-pyrrole nitrogens is 1. The number of aromatic nitrogens is 1. The van der Waals surface area contributed by atoms with Crippen molar-refractivity contribution in [3.63, 3.8) is 0 Å². The number of ether oxygens (including phenoxy) is 2. The number of piperidine rings is 1. The summed E-state index contributed by atoms with van der Waals surface area (Å²) in [6.07, 6.45) is 6.34. The molecule has 0 aliphatic carbocycles. The Morgan fingerprint density at radius 2 is 2.10 bits per heavy atom. The van der Waals surface area contributed by atoms with Crippen LogP contribution in [-0.2, 0) is 27.2 Å². The van der Waals surface area contributed by atoms with Gasteiger partial charge in [-0.25, -0.2) is 0 Å². The number of hydrogen-bond acceptors (Lipinski definition) is 4. The molecular formula is C25H29N2O3S+. The van der Waals surface area contributed by atoms with E-state index in [4.69, 9.17) is 9.47 Å². The minimum atomic E-state index is -0.00606. The highest BCUT2D eigenvalue weighted by atomic mass is 32.1. The first-order valence-electron chi connectivity index (χ1n) is 11.0. The van der Waals surface area contributed by atoms with Gasteiger partial charge in [0.2, 0.25) is 0 Å². The van der Waals surface area contributed by atoms with E-state index in [9.17, 15) is 4.21 Å². The number of nitrogens with one attached hydrogen (secondary N) is 1. The summed E-state index contributed by atoms with van der Waals surface area (Å²) in [4.78, 5) is 6.70. The van der Waals surface area contributed by atoms with Crippen LogP contribution in [0.5, 0.6) is 5.75 Å². The fraction of sp³-hybridized carbons (Fsp3) is 0.440. The first-order chi connectivity index (χ1) is 15.1. The van der Waals surface area contributed by atoms with Crippen LogP contribution in [0.25, 0.3) is 10.9 Å². The van der Waals surface area contributed by atoms with Gasteiger partial charge in [0.1, 0.15) is 5.75 Å². The standard InChI is InChI=1S/C25H29N2O3S/c1-17-14-23(29-2)21(20-8-11-26-24(17)20)16-27-12-10-25(9-3-13-30-25)15-22(27)18-4-6-19(31-28)7-5-18/h4-8,11,14,22,26H,3,9-10,12-13,15-16H2,1-2H3/q+1/t22-,25?/m0/s1. The van der Waals surface area contributed by atoms with E-state index in [2.05, 4.69) is 41.1 Å². The Morgan fingerprint density at radius 1 is 1.26 bits per heavy atom. The number of aromatic amines is 1. The van der Waals surface area contributed by atoms with Crippen LogP contribution < -0.4 is 4.74 Å². The molecule has 1 unspecified atom stereocenters. The van der Waals surface area contributed by atoms with E-state index in [1.165, 1.54) is 27.6 Å². The number of methoxy groups -OCH3 is 1. The van der Waals surface area contributed by atoms with Crippen LogP contribution in [0.2, 0.25) is 0 Å². The average Bonchev–Trinajstić information content (AvgIpc) is 3.47. The quantitative estimate of drug-likeness (QED) is 0.560. The summed E-state index contributed by atoms with van der Waals surface area (Å²) < 4.78 is 23.3. The molecule has 2 saturated heterocycles. The zero-order valence-corrected chi connectivity index (χ0v) is 19.0. The van der Waals surface area contributed by atoms with Crippen LogP contribution in [0.15, 0.2) is 47.5 Å². The van der Waals surface area contributed by atoms with Gasteiger partial charge >= 0.3 is 11.7 Å². The van der Waals surface area contributed by atoms with E-state index in [0.717, 1.165) is 56.0 Å². The molecule has 6 heteroatoms. The second kappa shape index (κ2) is 8.34. The van der Waals surface area contributed by atoms with Crippen molar-refractivity contribution in [3.05, 3.63) is 59.3 Å². The summed E-state index contributed by atoms with van der Waals surface area (Å²) >= 11 is 0.547. The molecule has 2 aliphatic rings. The predicted molar refractivity (Wildman–Crippen MR) is 123 cm³/mol. The number of rotatable bonds is 5. The Morgan fingerprint density at radius 3 is 2.81 bits per heavy atom. The van der Waals surface area contributed by atoms with E-state index in [1.807, 2.05) is 18.3 Å². The fourth-order valence-corrected chi connectivity index (χ4v) is 5.69. The highest BCUT2D eigenvalue weighted by Gasteiger charge is 2.43. The predicted octanol–water partition coefficient (Wildman–Crippen LogP) is 5.16. The van der Waals surface area contributed by atoms with E-state index in [-0.39, 0.29) is 11.6 Å². The van der Waals surface area contributed by atoms with Crippen molar-refractivity contribution in [3.8, 4) is 5.75 Å². The van der Waals surface area contributed by atoms with Crippen molar-refractivity contribution < 1.29 is 13.7 Å². The van der Waals surface area contributed by atoms with Gasteiger partial charge < -0.3 is 14.5 Å². The maximum Gasteiger partial charge on any atom is 0.505 e. The van der Waals surface area contributed by atoms with E-state index in [1.54, 1.807) is 7.11 Å². The molecular weight excluding hydrogens is 408 g/mol. The Bertz CT molecular complexity index is 1090. The van der Waals surface area contributed by atoms with Gasteiger partial charge in [-0.05, 0) is 55.9 Å². The molecule has 2 fully saturated rings. The molecule has 0 bridgehead atoms. The van der Waals surface area contributed by atoms with Gasteiger partial charge in [0, 0.05) is 64.7 Å². The molecule has 5 nitrogen and oxygen atoms in total. The number of likely N-dealkylation sites (tertiary alicyclic amines) is 1. The van der Waals surface area contributed by atoms with Crippen molar-refractivity contribution in [2.75, 3.05) is 20.3 Å². The van der Waals surface area contributed by atoms with Gasteiger partial charge in [-0.15, -0.1) is 0 Å². The molecule has 3 aromatic rings. The van der Waals surface area contributed by atoms with Gasteiger partial charge in [-0.2, -0.15) is 0 Å². The van der Waals surface area contributed by atoms with Crippen LogP contribution in [0, 0.1) is 6.92 Å². The third kappa shape index (κ3) is 3.77. The topological polar surface area (TPSA) is 54.6 Å². The molecule has 31 heavy (non-hydrogen) atoms. The van der Waals surface area contributed by atoms with Crippen LogP contribution in [0.4, 0.5) is 0 Å². The maximum atomic E-state index is 11.2. The first-order valence-corrected chi connectivity index (χ1v) is 11.8. The summed E-state index contributed by atoms with van der Waals surface area (Å²) in [7, 11) is 1.76. The zero-order valence-electron chi connectivity index (χ0n) is 18.1. The maximum absolute atomic E-state index is 11.2. The second-order valence-corrected chi connectivity index (χ2v) is 9.51. The summed E-state index contributed by atoms with van der Waals surface area (Å²) in [6, 6.07) is 12.7. The van der Waals surface area contributed by atoms with Gasteiger partial charge in [0.25, 0.3) is 4.90 Å². The van der Waals surface area contributed by atoms with Crippen molar-refractivity contribution in [2.45, 2.75) is 55.7 Å². The molecule has 0 amide bonds. The Hall–Kier alpha value is -2.28. The average molecular weight is 438 g/mol. The lowest BCUT2D eigenvalue weighted by Gasteiger charge is -2.45. The highest BCUT2D eigenvalue weighted by molar-refractivity contribution is 7.65. The minimum Gasteiger partial charge on any atom is -0.496 e. The molecule has 3 heterocycles. The number of nitrogens with zero attached hydrogens (tertiary/aromatic N) is 1. The molecule has 2 aliphatic heterocycles. The Kier molecular flexibility index (Phi) is 5.54. The normalized spacial score (nSPS) is 24.1. The summed E-state index contributed by atoms with van der Waals surface area (Å²) in [6.45, 7) is 4.78. The molecule has 5 rings (SSSR count). The Labute approximate surface area is 187 Å². The van der Waals surface area contributed by atoms with E-state index < -0.39 is 0 Å². The SMILES string of the molecule is COc1cc(C)c2[nH]ccc2c1CN1CCC2(CCCO2)C[C@H]1c1ccc([S+]=O)cc1. The molecule has 2 aromatic carbocycles. The second-order valence-electron chi connectivity index (χ2n) is 8.87.